The molecule has 29 heavy (non-hydrogen) atoms. The lowest BCUT2D eigenvalue weighted by Crippen LogP contribution is -2.43. The van der Waals surface area contributed by atoms with Crippen molar-refractivity contribution in [3.05, 3.63) is 29.1 Å². The van der Waals surface area contributed by atoms with E-state index in [-0.39, 0.29) is 12.1 Å². The number of nitrogens with one attached hydrogen (secondary N) is 1. The SMILES string of the molecule is CN(C(=O)OC(C)(C)C)C1CCC(Nc2nc3c(s2)COc2ccccc2-3)CC1. The number of benzene rings is 1. The molecule has 0 bridgehead atoms. The Morgan fingerprint density at radius 2 is 1.97 bits per heavy atom. The monoisotopic (exact) mass is 415 g/mol. The molecule has 0 atom stereocenters. The Balaban J connectivity index is 1.34. The summed E-state index contributed by atoms with van der Waals surface area (Å²) in [5.41, 5.74) is 1.65. The minimum atomic E-state index is -0.462. The minimum Gasteiger partial charge on any atom is -0.487 e. The van der Waals surface area contributed by atoms with E-state index in [4.69, 9.17) is 14.5 Å². The van der Waals surface area contributed by atoms with Gasteiger partial charge >= 0.3 is 6.09 Å². The third-order valence-electron chi connectivity index (χ3n) is 5.45. The third kappa shape index (κ3) is 4.50. The Bertz CT molecular complexity index is 882. The Hall–Kier alpha value is -2.28. The van der Waals surface area contributed by atoms with E-state index in [0.29, 0.717) is 12.6 Å². The van der Waals surface area contributed by atoms with Crippen molar-refractivity contribution in [2.45, 2.75) is 70.7 Å². The molecule has 0 unspecified atom stereocenters. The van der Waals surface area contributed by atoms with Crippen LogP contribution < -0.4 is 10.1 Å². The minimum absolute atomic E-state index is 0.229. The summed E-state index contributed by atoms with van der Waals surface area (Å²) < 4.78 is 11.3. The number of carbonyl (C=O) groups is 1. The van der Waals surface area contributed by atoms with Gasteiger partial charge in [0.2, 0.25) is 0 Å². The smallest absolute Gasteiger partial charge is 0.410 e. The highest BCUT2D eigenvalue weighted by Crippen LogP contribution is 2.41. The van der Waals surface area contributed by atoms with Crippen molar-refractivity contribution < 1.29 is 14.3 Å². The van der Waals surface area contributed by atoms with E-state index in [1.165, 1.54) is 4.88 Å². The van der Waals surface area contributed by atoms with Gasteiger partial charge in [-0.25, -0.2) is 9.78 Å². The molecule has 2 heterocycles. The van der Waals surface area contributed by atoms with Gasteiger partial charge < -0.3 is 19.7 Å². The number of amides is 1. The molecule has 1 aromatic heterocycles. The van der Waals surface area contributed by atoms with Crippen LogP contribution in [-0.2, 0) is 11.3 Å². The van der Waals surface area contributed by atoms with E-state index in [9.17, 15) is 4.79 Å². The first-order valence-corrected chi connectivity index (χ1v) is 11.1. The average Bonchev–Trinajstić information content (AvgIpc) is 3.09. The normalized spacial score (nSPS) is 20.8. The van der Waals surface area contributed by atoms with Crippen LogP contribution in [0.3, 0.4) is 0 Å². The average molecular weight is 416 g/mol. The van der Waals surface area contributed by atoms with Crippen molar-refractivity contribution >= 4 is 22.6 Å². The molecule has 4 rings (SSSR count). The van der Waals surface area contributed by atoms with Crippen LogP contribution >= 0.6 is 11.3 Å². The van der Waals surface area contributed by atoms with Gasteiger partial charge in [-0.1, -0.05) is 23.5 Å². The van der Waals surface area contributed by atoms with Crippen molar-refractivity contribution in [1.82, 2.24) is 9.88 Å². The summed E-state index contributed by atoms with van der Waals surface area (Å²) in [4.78, 5) is 20.1. The van der Waals surface area contributed by atoms with Crippen molar-refractivity contribution in [3.63, 3.8) is 0 Å². The van der Waals surface area contributed by atoms with Crippen molar-refractivity contribution in [1.29, 1.82) is 0 Å². The molecule has 1 aliphatic carbocycles. The van der Waals surface area contributed by atoms with Crippen LogP contribution in [-0.4, -0.2) is 40.7 Å². The number of hydrogen-bond donors (Lipinski definition) is 1. The zero-order valence-corrected chi connectivity index (χ0v) is 18.3. The van der Waals surface area contributed by atoms with E-state index in [2.05, 4.69) is 11.4 Å². The maximum absolute atomic E-state index is 12.3. The summed E-state index contributed by atoms with van der Waals surface area (Å²) in [6.07, 6.45) is 3.71. The molecule has 1 N–H and O–H groups in total. The van der Waals surface area contributed by atoms with Gasteiger partial charge in [-0.05, 0) is 58.6 Å². The number of hydrogen-bond acceptors (Lipinski definition) is 6. The Morgan fingerprint density at radius 1 is 1.24 bits per heavy atom. The van der Waals surface area contributed by atoms with Crippen LogP contribution in [0.2, 0.25) is 0 Å². The second-order valence-corrected chi connectivity index (χ2v) is 9.90. The number of aromatic nitrogens is 1. The molecular weight excluding hydrogens is 386 g/mol. The summed E-state index contributed by atoms with van der Waals surface area (Å²) >= 11 is 1.68. The van der Waals surface area contributed by atoms with Crippen LogP contribution in [0, 0.1) is 0 Å². The summed E-state index contributed by atoms with van der Waals surface area (Å²) in [7, 11) is 1.85. The molecule has 2 aliphatic rings. The number of fused-ring (bicyclic) bond motifs is 3. The molecule has 7 heteroatoms. The molecule has 1 saturated carbocycles. The molecule has 0 radical (unpaired) electrons. The second-order valence-electron chi connectivity index (χ2n) is 8.82. The summed E-state index contributed by atoms with van der Waals surface area (Å²) in [6.45, 7) is 6.28. The lowest BCUT2D eigenvalue weighted by atomic mass is 9.90. The first-order valence-electron chi connectivity index (χ1n) is 10.2. The Kier molecular flexibility index (Phi) is 5.42. The zero-order valence-electron chi connectivity index (χ0n) is 17.5. The number of para-hydroxylation sites is 1. The number of thiazole rings is 1. The molecule has 156 valence electrons. The highest BCUT2D eigenvalue weighted by molar-refractivity contribution is 7.16. The zero-order chi connectivity index (χ0) is 20.6. The molecule has 0 spiro atoms. The van der Waals surface area contributed by atoms with Gasteiger partial charge in [0.25, 0.3) is 0 Å². The van der Waals surface area contributed by atoms with Crippen LogP contribution in [0.15, 0.2) is 24.3 Å². The van der Waals surface area contributed by atoms with E-state index in [1.54, 1.807) is 16.2 Å². The fourth-order valence-electron chi connectivity index (χ4n) is 3.92. The van der Waals surface area contributed by atoms with Gasteiger partial charge in [0.15, 0.2) is 5.13 Å². The summed E-state index contributed by atoms with van der Waals surface area (Å²) in [5, 5.41) is 4.57. The second kappa shape index (κ2) is 7.86. The summed E-state index contributed by atoms with van der Waals surface area (Å²) in [5.74, 6) is 0.905. The number of nitrogens with zero attached hydrogens (tertiary/aromatic N) is 2. The first kappa shape index (κ1) is 20.0. The lowest BCUT2D eigenvalue weighted by Gasteiger charge is -2.35. The van der Waals surface area contributed by atoms with E-state index >= 15 is 0 Å². The van der Waals surface area contributed by atoms with Gasteiger partial charge in [0, 0.05) is 24.7 Å². The predicted octanol–water partition coefficient (Wildman–Crippen LogP) is 5.29. The number of rotatable bonds is 3. The van der Waals surface area contributed by atoms with E-state index in [1.807, 2.05) is 46.0 Å². The highest BCUT2D eigenvalue weighted by atomic mass is 32.1. The lowest BCUT2D eigenvalue weighted by molar-refractivity contribution is 0.0185. The van der Waals surface area contributed by atoms with Gasteiger partial charge in [0.1, 0.15) is 18.0 Å². The van der Waals surface area contributed by atoms with Gasteiger partial charge in [-0.2, -0.15) is 0 Å². The van der Waals surface area contributed by atoms with Crippen molar-refractivity contribution in [2.75, 3.05) is 12.4 Å². The molecule has 6 nitrogen and oxygen atoms in total. The molecule has 1 aliphatic heterocycles. The number of ether oxygens (including phenoxy) is 2. The Labute approximate surface area is 176 Å². The number of carbonyl (C=O) groups excluding carboxylic acids is 1. The first-order chi connectivity index (χ1) is 13.8. The largest absolute Gasteiger partial charge is 0.487 e. The van der Waals surface area contributed by atoms with Crippen LogP contribution in [0.5, 0.6) is 5.75 Å². The maximum Gasteiger partial charge on any atom is 0.410 e. The van der Waals surface area contributed by atoms with Crippen LogP contribution in [0.25, 0.3) is 11.3 Å². The van der Waals surface area contributed by atoms with Gasteiger partial charge in [-0.3, -0.25) is 0 Å². The molecule has 1 fully saturated rings. The van der Waals surface area contributed by atoms with E-state index in [0.717, 1.165) is 47.8 Å². The highest BCUT2D eigenvalue weighted by Gasteiger charge is 2.30. The fraction of sp³-hybridized carbons (Fsp3) is 0.545. The standard InChI is InChI=1S/C22H29N3O3S/c1-22(2,3)28-21(26)25(4)15-11-9-14(10-12-15)23-20-24-19-16-7-5-6-8-17(16)27-13-18(19)29-20/h5-8,14-15H,9-13H2,1-4H3,(H,23,24). The molecule has 2 aromatic rings. The topological polar surface area (TPSA) is 63.7 Å². The van der Waals surface area contributed by atoms with Crippen molar-refractivity contribution in [3.8, 4) is 17.0 Å². The summed E-state index contributed by atoms with van der Waals surface area (Å²) in [6, 6.07) is 8.67. The van der Waals surface area contributed by atoms with Crippen LogP contribution in [0.4, 0.5) is 9.93 Å². The predicted molar refractivity (Wildman–Crippen MR) is 116 cm³/mol. The maximum atomic E-state index is 12.3. The number of anilines is 1. The van der Waals surface area contributed by atoms with Crippen LogP contribution in [0.1, 0.15) is 51.3 Å². The Morgan fingerprint density at radius 3 is 2.69 bits per heavy atom. The molecule has 1 amide bonds. The molecule has 1 aromatic carbocycles. The van der Waals surface area contributed by atoms with E-state index < -0.39 is 5.60 Å². The molecular formula is C22H29N3O3S. The van der Waals surface area contributed by atoms with Crippen molar-refractivity contribution in [2.24, 2.45) is 0 Å². The van der Waals surface area contributed by atoms with Gasteiger partial charge in [0.05, 0.1) is 10.6 Å². The fourth-order valence-corrected chi connectivity index (χ4v) is 4.88. The van der Waals surface area contributed by atoms with Gasteiger partial charge in [-0.15, -0.1) is 0 Å². The molecule has 0 saturated heterocycles. The third-order valence-corrected chi connectivity index (χ3v) is 6.41. The quantitative estimate of drug-likeness (QED) is 0.738.